The summed E-state index contributed by atoms with van der Waals surface area (Å²) < 4.78 is 6.98. The summed E-state index contributed by atoms with van der Waals surface area (Å²) in [6.07, 6.45) is 4.24. The summed E-state index contributed by atoms with van der Waals surface area (Å²) in [5, 5.41) is 0. The number of hydrogen-bond acceptors (Lipinski definition) is 4. The van der Waals surface area contributed by atoms with Gasteiger partial charge >= 0.3 is 5.97 Å². The van der Waals surface area contributed by atoms with Gasteiger partial charge in [0.05, 0.1) is 18.8 Å². The van der Waals surface area contributed by atoms with Gasteiger partial charge in [-0.1, -0.05) is 0 Å². The molecule has 1 aliphatic rings. The van der Waals surface area contributed by atoms with Gasteiger partial charge in [0.25, 0.3) is 0 Å². The van der Waals surface area contributed by atoms with E-state index in [-0.39, 0.29) is 18.9 Å². The number of rotatable bonds is 5. The first-order valence-corrected chi connectivity index (χ1v) is 7.63. The van der Waals surface area contributed by atoms with Crippen molar-refractivity contribution in [2.45, 2.75) is 59.9 Å². The van der Waals surface area contributed by atoms with E-state index in [0.29, 0.717) is 0 Å². The number of hydrogen-bond donors (Lipinski definition) is 0. The number of fused-ring (bicyclic) bond motifs is 1. The van der Waals surface area contributed by atoms with Gasteiger partial charge in [0.15, 0.2) is 5.78 Å². The molecule has 0 unspecified atom stereocenters. The van der Waals surface area contributed by atoms with Crippen molar-refractivity contribution in [2.24, 2.45) is 5.41 Å². The van der Waals surface area contributed by atoms with Crippen LogP contribution in [0.5, 0.6) is 0 Å². The van der Waals surface area contributed by atoms with Crippen LogP contribution in [0.4, 0.5) is 0 Å². The summed E-state index contributed by atoms with van der Waals surface area (Å²) in [6.45, 7) is 7.41. The Morgan fingerprint density at radius 2 is 1.95 bits per heavy atom. The summed E-state index contributed by atoms with van der Waals surface area (Å²) in [5.41, 5.74) is 1.15. The lowest BCUT2D eigenvalue weighted by molar-refractivity contribution is -0.158. The van der Waals surface area contributed by atoms with Crippen LogP contribution in [0.3, 0.4) is 0 Å². The van der Waals surface area contributed by atoms with Crippen molar-refractivity contribution in [3.8, 4) is 0 Å². The van der Waals surface area contributed by atoms with Gasteiger partial charge in [-0.2, -0.15) is 0 Å². The molecule has 0 spiro atoms. The molecule has 1 heterocycles. The third-order valence-corrected chi connectivity index (χ3v) is 4.21. The van der Waals surface area contributed by atoms with E-state index in [0.717, 1.165) is 42.9 Å². The van der Waals surface area contributed by atoms with Crippen molar-refractivity contribution in [1.82, 2.24) is 9.55 Å². The van der Waals surface area contributed by atoms with E-state index in [9.17, 15) is 9.59 Å². The van der Waals surface area contributed by atoms with Crippen LogP contribution in [-0.2, 0) is 33.7 Å². The summed E-state index contributed by atoms with van der Waals surface area (Å²) in [7, 11) is 0. The number of carbonyl (C=O) groups is 2. The molecule has 21 heavy (non-hydrogen) atoms. The molecule has 0 N–H and O–H groups in total. The molecule has 1 aromatic rings. The SMILES string of the molecule is CCOC(=O)C(C)(C)C(=O)Cn1c(C)nc2c1CCCC2. The molecular formula is C16H24N2O3. The van der Waals surface area contributed by atoms with Crippen LogP contribution >= 0.6 is 0 Å². The molecule has 0 bridgehead atoms. The molecule has 0 radical (unpaired) electrons. The predicted molar refractivity (Wildman–Crippen MR) is 79.0 cm³/mol. The minimum absolute atomic E-state index is 0.130. The first-order valence-electron chi connectivity index (χ1n) is 7.63. The van der Waals surface area contributed by atoms with E-state index in [1.807, 2.05) is 11.5 Å². The maximum atomic E-state index is 12.5. The van der Waals surface area contributed by atoms with E-state index in [1.54, 1.807) is 20.8 Å². The number of imidazole rings is 1. The zero-order valence-corrected chi connectivity index (χ0v) is 13.4. The Morgan fingerprint density at radius 1 is 1.29 bits per heavy atom. The van der Waals surface area contributed by atoms with Gasteiger partial charge in [-0.15, -0.1) is 0 Å². The van der Waals surface area contributed by atoms with Gasteiger partial charge in [0.1, 0.15) is 11.2 Å². The van der Waals surface area contributed by atoms with Crippen LogP contribution in [0.25, 0.3) is 0 Å². The Hall–Kier alpha value is -1.65. The molecule has 1 aliphatic carbocycles. The second kappa shape index (κ2) is 6.00. The zero-order chi connectivity index (χ0) is 15.6. The predicted octanol–water partition coefficient (Wildman–Crippen LogP) is 2.23. The molecule has 0 fully saturated rings. The highest BCUT2D eigenvalue weighted by molar-refractivity contribution is 6.02. The quantitative estimate of drug-likeness (QED) is 0.617. The largest absolute Gasteiger partial charge is 0.465 e. The van der Waals surface area contributed by atoms with Gasteiger partial charge < -0.3 is 9.30 Å². The fourth-order valence-corrected chi connectivity index (χ4v) is 2.71. The minimum Gasteiger partial charge on any atom is -0.465 e. The monoisotopic (exact) mass is 292 g/mol. The number of nitrogens with zero attached hydrogens (tertiary/aromatic N) is 2. The smallest absolute Gasteiger partial charge is 0.319 e. The number of aryl methyl sites for hydroxylation is 2. The van der Waals surface area contributed by atoms with Crippen molar-refractivity contribution in [2.75, 3.05) is 6.61 Å². The fraction of sp³-hybridized carbons (Fsp3) is 0.688. The number of Topliss-reactive ketones (excluding diaryl/α,β-unsaturated/α-hetero) is 1. The first kappa shape index (κ1) is 15.7. The molecule has 5 nitrogen and oxygen atoms in total. The Labute approximate surface area is 125 Å². The number of aromatic nitrogens is 2. The third kappa shape index (κ3) is 3.01. The van der Waals surface area contributed by atoms with Gasteiger partial charge in [-0.3, -0.25) is 9.59 Å². The molecule has 0 amide bonds. The maximum Gasteiger partial charge on any atom is 0.319 e. The Bertz CT molecular complexity index is 558. The van der Waals surface area contributed by atoms with Crippen LogP contribution < -0.4 is 0 Å². The van der Waals surface area contributed by atoms with Crippen molar-refractivity contribution in [1.29, 1.82) is 0 Å². The maximum absolute atomic E-state index is 12.5. The lowest BCUT2D eigenvalue weighted by atomic mass is 9.88. The van der Waals surface area contributed by atoms with Crippen molar-refractivity contribution < 1.29 is 14.3 Å². The highest BCUT2D eigenvalue weighted by Gasteiger charge is 2.37. The van der Waals surface area contributed by atoms with E-state index in [1.165, 1.54) is 0 Å². The first-order chi connectivity index (χ1) is 9.87. The zero-order valence-electron chi connectivity index (χ0n) is 13.4. The highest BCUT2D eigenvalue weighted by atomic mass is 16.5. The second-order valence-corrected chi connectivity index (χ2v) is 6.11. The minimum atomic E-state index is -1.12. The number of ketones is 1. The van der Waals surface area contributed by atoms with Crippen LogP contribution in [0.2, 0.25) is 0 Å². The summed E-state index contributed by atoms with van der Waals surface area (Å²) in [4.78, 5) is 29.0. The third-order valence-electron chi connectivity index (χ3n) is 4.21. The summed E-state index contributed by atoms with van der Waals surface area (Å²) in [6, 6.07) is 0. The van der Waals surface area contributed by atoms with Crippen LogP contribution in [0, 0.1) is 12.3 Å². The fourth-order valence-electron chi connectivity index (χ4n) is 2.71. The van der Waals surface area contributed by atoms with Crippen LogP contribution in [-0.4, -0.2) is 27.9 Å². The Balaban J connectivity index is 2.20. The number of carbonyl (C=O) groups excluding carboxylic acids is 2. The molecule has 0 atom stereocenters. The molecule has 0 saturated carbocycles. The van der Waals surface area contributed by atoms with Gasteiger partial charge in [-0.25, -0.2) is 4.98 Å². The van der Waals surface area contributed by atoms with E-state index < -0.39 is 11.4 Å². The van der Waals surface area contributed by atoms with Gasteiger partial charge in [-0.05, 0) is 53.4 Å². The molecule has 0 aromatic carbocycles. The summed E-state index contributed by atoms with van der Waals surface area (Å²) >= 11 is 0. The lowest BCUT2D eigenvalue weighted by Crippen LogP contribution is -2.37. The van der Waals surface area contributed by atoms with Crippen molar-refractivity contribution in [3.05, 3.63) is 17.2 Å². The van der Waals surface area contributed by atoms with E-state index in [2.05, 4.69) is 4.98 Å². The second-order valence-electron chi connectivity index (χ2n) is 6.11. The number of esters is 1. The van der Waals surface area contributed by atoms with Crippen LogP contribution in [0.1, 0.15) is 50.8 Å². The molecule has 2 rings (SSSR count). The molecule has 5 heteroatoms. The van der Waals surface area contributed by atoms with Crippen molar-refractivity contribution in [3.63, 3.8) is 0 Å². The standard InChI is InChI=1S/C16H24N2O3/c1-5-21-15(20)16(3,4)14(19)10-18-11(2)17-12-8-6-7-9-13(12)18/h5-10H2,1-4H3. The van der Waals surface area contributed by atoms with Crippen molar-refractivity contribution >= 4 is 11.8 Å². The van der Waals surface area contributed by atoms with E-state index in [4.69, 9.17) is 4.74 Å². The normalized spacial score (nSPS) is 14.7. The summed E-state index contributed by atoms with van der Waals surface area (Å²) in [5.74, 6) is 0.270. The highest BCUT2D eigenvalue weighted by Crippen LogP contribution is 2.25. The van der Waals surface area contributed by atoms with E-state index >= 15 is 0 Å². The molecule has 0 aliphatic heterocycles. The molecule has 1 aromatic heterocycles. The van der Waals surface area contributed by atoms with Crippen LogP contribution in [0.15, 0.2) is 0 Å². The van der Waals surface area contributed by atoms with Gasteiger partial charge in [0.2, 0.25) is 0 Å². The number of ether oxygens (including phenoxy) is 1. The molecular weight excluding hydrogens is 268 g/mol. The Morgan fingerprint density at radius 3 is 2.62 bits per heavy atom. The lowest BCUT2D eigenvalue weighted by Gasteiger charge is -2.22. The molecule has 116 valence electrons. The molecule has 0 saturated heterocycles. The topological polar surface area (TPSA) is 61.2 Å². The average Bonchev–Trinajstić information content (AvgIpc) is 2.75. The van der Waals surface area contributed by atoms with Gasteiger partial charge in [0, 0.05) is 5.69 Å². The average molecular weight is 292 g/mol. The Kier molecular flexibility index (Phi) is 4.49.